The third-order valence-corrected chi connectivity index (χ3v) is 4.72. The zero-order chi connectivity index (χ0) is 12.5. The van der Waals surface area contributed by atoms with Gasteiger partial charge in [0.25, 0.3) is 5.91 Å². The first-order chi connectivity index (χ1) is 8.74. The van der Waals surface area contributed by atoms with Crippen LogP contribution in [0, 0.1) is 17.8 Å². The molecule has 1 heterocycles. The Morgan fingerprint density at radius 3 is 2.94 bits per heavy atom. The molecular formula is C15H20N2O. The van der Waals surface area contributed by atoms with Gasteiger partial charge in [-0.05, 0) is 56.1 Å². The predicted molar refractivity (Wildman–Crippen MR) is 70.1 cm³/mol. The summed E-state index contributed by atoms with van der Waals surface area (Å²) in [4.78, 5) is 16.1. The van der Waals surface area contributed by atoms with Crippen molar-refractivity contribution in [2.24, 2.45) is 17.8 Å². The third-order valence-electron chi connectivity index (χ3n) is 4.72. The monoisotopic (exact) mass is 244 g/mol. The Morgan fingerprint density at radius 2 is 2.33 bits per heavy atom. The first-order valence-electron chi connectivity index (χ1n) is 6.95. The maximum Gasteiger partial charge on any atom is 0.253 e. The molecule has 2 bridgehead atoms. The van der Waals surface area contributed by atoms with Gasteiger partial charge in [-0.1, -0.05) is 6.42 Å². The summed E-state index contributed by atoms with van der Waals surface area (Å²) in [5.74, 6) is 2.47. The molecule has 3 heteroatoms. The molecule has 2 aliphatic rings. The minimum Gasteiger partial charge on any atom is -0.349 e. The van der Waals surface area contributed by atoms with Crippen molar-refractivity contribution in [3.05, 3.63) is 30.1 Å². The van der Waals surface area contributed by atoms with Gasteiger partial charge in [0.05, 0.1) is 5.56 Å². The van der Waals surface area contributed by atoms with E-state index < -0.39 is 0 Å². The molecule has 1 aromatic heterocycles. The van der Waals surface area contributed by atoms with Crippen molar-refractivity contribution in [2.75, 3.05) is 0 Å². The third kappa shape index (κ3) is 2.14. The number of carbonyl (C=O) groups is 1. The number of fused-ring (bicyclic) bond motifs is 2. The summed E-state index contributed by atoms with van der Waals surface area (Å²) in [6.45, 7) is 2.15. The molecular weight excluding hydrogens is 224 g/mol. The van der Waals surface area contributed by atoms with Crippen LogP contribution in [0.4, 0.5) is 0 Å². The second-order valence-electron chi connectivity index (χ2n) is 5.84. The van der Waals surface area contributed by atoms with E-state index >= 15 is 0 Å². The topological polar surface area (TPSA) is 42.0 Å². The largest absolute Gasteiger partial charge is 0.349 e. The van der Waals surface area contributed by atoms with Gasteiger partial charge >= 0.3 is 0 Å². The highest BCUT2D eigenvalue weighted by Crippen LogP contribution is 2.49. The van der Waals surface area contributed by atoms with Crippen LogP contribution in [0.3, 0.4) is 0 Å². The minimum absolute atomic E-state index is 0.0124. The molecule has 0 spiro atoms. The summed E-state index contributed by atoms with van der Waals surface area (Å²) in [5.41, 5.74) is 0.660. The molecule has 2 fully saturated rings. The molecule has 1 aromatic rings. The molecule has 1 amide bonds. The van der Waals surface area contributed by atoms with E-state index in [1.165, 1.54) is 25.7 Å². The Hall–Kier alpha value is -1.38. The Labute approximate surface area is 108 Å². The van der Waals surface area contributed by atoms with E-state index in [-0.39, 0.29) is 11.9 Å². The molecule has 3 nitrogen and oxygen atoms in total. The Kier molecular flexibility index (Phi) is 3.06. The molecule has 2 saturated carbocycles. The van der Waals surface area contributed by atoms with Crippen molar-refractivity contribution in [1.29, 1.82) is 0 Å². The molecule has 0 aromatic carbocycles. The van der Waals surface area contributed by atoms with E-state index in [1.807, 2.05) is 6.07 Å². The first-order valence-corrected chi connectivity index (χ1v) is 6.95. The van der Waals surface area contributed by atoms with E-state index in [2.05, 4.69) is 17.2 Å². The maximum absolute atomic E-state index is 12.1. The number of nitrogens with zero attached hydrogens (tertiary/aromatic N) is 1. The maximum atomic E-state index is 12.1. The summed E-state index contributed by atoms with van der Waals surface area (Å²) < 4.78 is 0. The Morgan fingerprint density at radius 1 is 1.44 bits per heavy atom. The van der Waals surface area contributed by atoms with Gasteiger partial charge in [0.2, 0.25) is 0 Å². The highest BCUT2D eigenvalue weighted by molar-refractivity contribution is 5.93. The van der Waals surface area contributed by atoms with Crippen LogP contribution < -0.4 is 5.32 Å². The van der Waals surface area contributed by atoms with Crippen LogP contribution in [-0.4, -0.2) is 16.9 Å². The van der Waals surface area contributed by atoms with Crippen molar-refractivity contribution in [3.63, 3.8) is 0 Å². The first kappa shape index (κ1) is 11.7. The van der Waals surface area contributed by atoms with E-state index in [0.717, 1.165) is 11.8 Å². The second-order valence-corrected chi connectivity index (χ2v) is 5.84. The SMILES string of the molecule is CC(NC(=O)c1cccnc1)C1CC2CCC1C2. The average Bonchev–Trinajstić information content (AvgIpc) is 3.02. The smallest absolute Gasteiger partial charge is 0.253 e. The quantitative estimate of drug-likeness (QED) is 0.888. The van der Waals surface area contributed by atoms with Gasteiger partial charge in [-0.15, -0.1) is 0 Å². The van der Waals surface area contributed by atoms with Gasteiger partial charge in [0.15, 0.2) is 0 Å². The summed E-state index contributed by atoms with van der Waals surface area (Å²) >= 11 is 0. The molecule has 2 aliphatic carbocycles. The van der Waals surface area contributed by atoms with Gasteiger partial charge in [-0.25, -0.2) is 0 Å². The van der Waals surface area contributed by atoms with Crippen molar-refractivity contribution in [3.8, 4) is 0 Å². The average molecular weight is 244 g/mol. The van der Waals surface area contributed by atoms with Gasteiger partial charge in [0, 0.05) is 18.4 Å². The van der Waals surface area contributed by atoms with Crippen molar-refractivity contribution in [1.82, 2.24) is 10.3 Å². The molecule has 96 valence electrons. The molecule has 1 N–H and O–H groups in total. The van der Waals surface area contributed by atoms with Gasteiger partial charge in [-0.3, -0.25) is 9.78 Å². The number of rotatable bonds is 3. The van der Waals surface area contributed by atoms with Crippen LogP contribution in [0.15, 0.2) is 24.5 Å². The van der Waals surface area contributed by atoms with Gasteiger partial charge < -0.3 is 5.32 Å². The summed E-state index contributed by atoms with van der Waals surface area (Å²) in [5, 5.41) is 3.14. The lowest BCUT2D eigenvalue weighted by molar-refractivity contribution is 0.0915. The van der Waals surface area contributed by atoms with Crippen LogP contribution in [0.25, 0.3) is 0 Å². The number of hydrogen-bond donors (Lipinski definition) is 1. The van der Waals surface area contributed by atoms with Crippen molar-refractivity contribution in [2.45, 2.75) is 38.6 Å². The van der Waals surface area contributed by atoms with Crippen LogP contribution in [0.1, 0.15) is 43.0 Å². The number of aromatic nitrogens is 1. The van der Waals surface area contributed by atoms with Crippen LogP contribution >= 0.6 is 0 Å². The van der Waals surface area contributed by atoms with Gasteiger partial charge in [0.1, 0.15) is 0 Å². The molecule has 3 rings (SSSR count). The zero-order valence-corrected chi connectivity index (χ0v) is 10.8. The summed E-state index contributed by atoms with van der Waals surface area (Å²) in [6.07, 6.45) is 8.78. The van der Waals surface area contributed by atoms with E-state index in [1.54, 1.807) is 18.5 Å². The number of amides is 1. The standard InChI is InChI=1S/C15H20N2O/c1-10(14-8-11-4-5-12(14)7-11)17-15(18)13-3-2-6-16-9-13/h2-3,6,9-12,14H,4-5,7-8H2,1H3,(H,17,18). The highest BCUT2D eigenvalue weighted by Gasteiger charge is 2.42. The Balaban J connectivity index is 1.61. The lowest BCUT2D eigenvalue weighted by atomic mass is 9.84. The fourth-order valence-electron chi connectivity index (χ4n) is 3.80. The second kappa shape index (κ2) is 4.71. The highest BCUT2D eigenvalue weighted by atomic mass is 16.1. The number of pyridine rings is 1. The fraction of sp³-hybridized carbons (Fsp3) is 0.600. The number of hydrogen-bond acceptors (Lipinski definition) is 2. The molecule has 0 saturated heterocycles. The van der Waals surface area contributed by atoms with Crippen LogP contribution in [-0.2, 0) is 0 Å². The van der Waals surface area contributed by atoms with Crippen LogP contribution in [0.5, 0.6) is 0 Å². The normalized spacial score (nSPS) is 31.3. The van der Waals surface area contributed by atoms with Crippen molar-refractivity contribution >= 4 is 5.91 Å². The number of nitrogens with one attached hydrogen (secondary N) is 1. The minimum atomic E-state index is 0.0124. The summed E-state index contributed by atoms with van der Waals surface area (Å²) in [7, 11) is 0. The van der Waals surface area contributed by atoms with Crippen LogP contribution in [0.2, 0.25) is 0 Å². The summed E-state index contributed by atoms with van der Waals surface area (Å²) in [6, 6.07) is 3.90. The lowest BCUT2D eigenvalue weighted by Gasteiger charge is -2.28. The molecule has 4 unspecified atom stereocenters. The van der Waals surface area contributed by atoms with E-state index in [0.29, 0.717) is 11.5 Å². The predicted octanol–water partition coefficient (Wildman–Crippen LogP) is 2.64. The van der Waals surface area contributed by atoms with E-state index in [4.69, 9.17) is 0 Å². The zero-order valence-electron chi connectivity index (χ0n) is 10.8. The molecule has 18 heavy (non-hydrogen) atoms. The molecule has 0 radical (unpaired) electrons. The molecule has 0 aliphatic heterocycles. The lowest BCUT2D eigenvalue weighted by Crippen LogP contribution is -2.40. The van der Waals surface area contributed by atoms with E-state index in [9.17, 15) is 4.79 Å². The number of carbonyl (C=O) groups excluding carboxylic acids is 1. The van der Waals surface area contributed by atoms with Crippen molar-refractivity contribution < 1.29 is 4.79 Å². The van der Waals surface area contributed by atoms with Gasteiger partial charge in [-0.2, -0.15) is 0 Å². The Bertz CT molecular complexity index is 431. The molecule has 4 atom stereocenters. The fourth-order valence-corrected chi connectivity index (χ4v) is 3.80.